The Bertz CT molecular complexity index is 149. The quantitative estimate of drug-likeness (QED) is 0.521. The van der Waals surface area contributed by atoms with Gasteiger partial charge in [-0.15, -0.1) is 0 Å². The summed E-state index contributed by atoms with van der Waals surface area (Å²) in [6, 6.07) is 0. The molecule has 1 aliphatic carbocycles. The van der Waals surface area contributed by atoms with Gasteiger partial charge in [-0.2, -0.15) is 0 Å². The number of hydrogen-bond acceptors (Lipinski definition) is 3. The molecule has 1 N–H and O–H groups in total. The molecule has 0 aliphatic heterocycles. The van der Waals surface area contributed by atoms with Crippen molar-refractivity contribution in [2.45, 2.75) is 51.7 Å². The van der Waals surface area contributed by atoms with Crippen LogP contribution in [0, 0.1) is 0 Å². The van der Waals surface area contributed by atoms with Crippen LogP contribution in [0.2, 0.25) is 0 Å². The normalized spacial score (nSPS) is 20.3. The largest absolute Gasteiger partial charge is 0.364 e. The SMILES string of the molecule is CCC(O)ON=C1CCCCC1. The van der Waals surface area contributed by atoms with E-state index in [1.165, 1.54) is 19.3 Å². The number of aliphatic hydroxyl groups excluding tert-OH is 1. The van der Waals surface area contributed by atoms with Crippen molar-refractivity contribution in [2.24, 2.45) is 5.16 Å². The maximum absolute atomic E-state index is 9.06. The lowest BCUT2D eigenvalue weighted by Crippen LogP contribution is -2.10. The molecule has 0 spiro atoms. The van der Waals surface area contributed by atoms with Gasteiger partial charge in [-0.3, -0.25) is 0 Å². The standard InChI is InChI=1S/C9H17NO2/c1-2-9(11)12-10-8-6-4-3-5-7-8/h9,11H,2-7H2,1H3. The summed E-state index contributed by atoms with van der Waals surface area (Å²) in [5, 5.41) is 13.0. The van der Waals surface area contributed by atoms with Crippen molar-refractivity contribution in [3.63, 3.8) is 0 Å². The van der Waals surface area contributed by atoms with Crippen LogP contribution < -0.4 is 0 Å². The minimum atomic E-state index is -0.723. The van der Waals surface area contributed by atoms with Crippen LogP contribution in [0.4, 0.5) is 0 Å². The van der Waals surface area contributed by atoms with E-state index in [9.17, 15) is 0 Å². The lowest BCUT2D eigenvalue weighted by molar-refractivity contribution is -0.0994. The van der Waals surface area contributed by atoms with Crippen LogP contribution in [-0.4, -0.2) is 17.1 Å². The zero-order valence-electron chi connectivity index (χ0n) is 7.62. The molecule has 1 aliphatic rings. The van der Waals surface area contributed by atoms with Gasteiger partial charge in [-0.25, -0.2) is 0 Å². The summed E-state index contributed by atoms with van der Waals surface area (Å²) in [4.78, 5) is 4.87. The molecule has 1 unspecified atom stereocenters. The molecule has 1 fully saturated rings. The molecule has 1 saturated carbocycles. The highest BCUT2D eigenvalue weighted by atomic mass is 16.7. The Kier molecular flexibility index (Phi) is 4.08. The molecule has 0 aromatic carbocycles. The van der Waals surface area contributed by atoms with Crippen molar-refractivity contribution >= 4 is 5.71 Å². The summed E-state index contributed by atoms with van der Waals surface area (Å²) < 4.78 is 0. The van der Waals surface area contributed by atoms with Crippen molar-refractivity contribution < 1.29 is 9.94 Å². The minimum absolute atomic E-state index is 0.594. The smallest absolute Gasteiger partial charge is 0.224 e. The van der Waals surface area contributed by atoms with Gasteiger partial charge in [0.05, 0.1) is 5.71 Å². The maximum Gasteiger partial charge on any atom is 0.224 e. The zero-order chi connectivity index (χ0) is 8.81. The van der Waals surface area contributed by atoms with Crippen LogP contribution >= 0.6 is 0 Å². The van der Waals surface area contributed by atoms with Gasteiger partial charge in [-0.1, -0.05) is 18.5 Å². The fourth-order valence-electron chi connectivity index (χ4n) is 1.26. The van der Waals surface area contributed by atoms with Gasteiger partial charge < -0.3 is 9.94 Å². The Balaban J connectivity index is 2.24. The van der Waals surface area contributed by atoms with Crippen molar-refractivity contribution in [1.82, 2.24) is 0 Å². The molecule has 0 bridgehead atoms. The Morgan fingerprint density at radius 3 is 2.67 bits per heavy atom. The summed E-state index contributed by atoms with van der Waals surface area (Å²) in [5.74, 6) is 0. The summed E-state index contributed by atoms with van der Waals surface area (Å²) in [7, 11) is 0. The predicted octanol–water partition coefficient (Wildman–Crippen LogP) is 2.05. The van der Waals surface area contributed by atoms with Gasteiger partial charge in [0, 0.05) is 6.42 Å². The Hall–Kier alpha value is -0.570. The first-order chi connectivity index (χ1) is 5.83. The second-order valence-electron chi connectivity index (χ2n) is 3.19. The first-order valence-electron chi connectivity index (χ1n) is 4.72. The molecule has 70 valence electrons. The molecule has 0 heterocycles. The van der Waals surface area contributed by atoms with E-state index >= 15 is 0 Å². The fraction of sp³-hybridized carbons (Fsp3) is 0.889. The van der Waals surface area contributed by atoms with Gasteiger partial charge in [0.15, 0.2) is 0 Å². The van der Waals surface area contributed by atoms with Crippen molar-refractivity contribution in [2.75, 3.05) is 0 Å². The second-order valence-corrected chi connectivity index (χ2v) is 3.19. The first-order valence-corrected chi connectivity index (χ1v) is 4.72. The van der Waals surface area contributed by atoms with Crippen molar-refractivity contribution in [3.8, 4) is 0 Å². The molecular formula is C9H17NO2. The third kappa shape index (κ3) is 3.22. The van der Waals surface area contributed by atoms with E-state index in [0.717, 1.165) is 18.6 Å². The van der Waals surface area contributed by atoms with Gasteiger partial charge in [0.2, 0.25) is 6.29 Å². The third-order valence-corrected chi connectivity index (χ3v) is 2.08. The van der Waals surface area contributed by atoms with Crippen LogP contribution in [0.5, 0.6) is 0 Å². The molecule has 1 rings (SSSR count). The van der Waals surface area contributed by atoms with Crippen LogP contribution in [0.15, 0.2) is 5.16 Å². The van der Waals surface area contributed by atoms with E-state index in [0.29, 0.717) is 6.42 Å². The summed E-state index contributed by atoms with van der Waals surface area (Å²) in [6.45, 7) is 1.87. The lowest BCUT2D eigenvalue weighted by atomic mass is 9.99. The maximum atomic E-state index is 9.06. The Labute approximate surface area is 73.4 Å². The summed E-state index contributed by atoms with van der Waals surface area (Å²) in [6.07, 6.45) is 5.67. The summed E-state index contributed by atoms with van der Waals surface area (Å²) >= 11 is 0. The van der Waals surface area contributed by atoms with E-state index in [-0.39, 0.29) is 0 Å². The van der Waals surface area contributed by atoms with Crippen LogP contribution in [0.3, 0.4) is 0 Å². The van der Waals surface area contributed by atoms with E-state index in [1.807, 2.05) is 6.92 Å². The highest BCUT2D eigenvalue weighted by Gasteiger charge is 2.08. The van der Waals surface area contributed by atoms with E-state index in [4.69, 9.17) is 9.94 Å². The third-order valence-electron chi connectivity index (χ3n) is 2.08. The molecular weight excluding hydrogens is 154 g/mol. The molecule has 0 saturated heterocycles. The van der Waals surface area contributed by atoms with Gasteiger partial charge in [0.25, 0.3) is 0 Å². The van der Waals surface area contributed by atoms with Crippen LogP contribution in [0.25, 0.3) is 0 Å². The van der Waals surface area contributed by atoms with Gasteiger partial charge in [0.1, 0.15) is 0 Å². The van der Waals surface area contributed by atoms with E-state index in [2.05, 4.69) is 5.16 Å². The van der Waals surface area contributed by atoms with Gasteiger partial charge >= 0.3 is 0 Å². The minimum Gasteiger partial charge on any atom is -0.364 e. The van der Waals surface area contributed by atoms with E-state index < -0.39 is 6.29 Å². The predicted molar refractivity (Wildman–Crippen MR) is 47.9 cm³/mol. The first kappa shape index (κ1) is 9.52. The fourth-order valence-corrected chi connectivity index (χ4v) is 1.26. The molecule has 0 aromatic heterocycles. The molecule has 0 aromatic rings. The van der Waals surface area contributed by atoms with Crippen molar-refractivity contribution in [1.29, 1.82) is 0 Å². The zero-order valence-corrected chi connectivity index (χ0v) is 7.62. The molecule has 1 atom stereocenters. The molecule has 0 amide bonds. The average molecular weight is 171 g/mol. The number of aliphatic hydroxyl groups is 1. The molecule has 12 heavy (non-hydrogen) atoms. The van der Waals surface area contributed by atoms with E-state index in [1.54, 1.807) is 0 Å². The van der Waals surface area contributed by atoms with Crippen LogP contribution in [0.1, 0.15) is 45.4 Å². The molecule has 3 nitrogen and oxygen atoms in total. The Morgan fingerprint density at radius 1 is 1.42 bits per heavy atom. The summed E-state index contributed by atoms with van der Waals surface area (Å²) in [5.41, 5.74) is 1.11. The second kappa shape index (κ2) is 5.14. The lowest BCUT2D eigenvalue weighted by Gasteiger charge is -2.12. The molecule has 3 heteroatoms. The number of rotatable bonds is 3. The number of oxime groups is 1. The highest BCUT2D eigenvalue weighted by Crippen LogP contribution is 2.15. The number of nitrogens with zero attached hydrogens (tertiary/aromatic N) is 1. The van der Waals surface area contributed by atoms with Crippen LogP contribution in [-0.2, 0) is 4.84 Å². The van der Waals surface area contributed by atoms with Gasteiger partial charge in [-0.05, 0) is 25.7 Å². The number of hydrogen-bond donors (Lipinski definition) is 1. The molecule has 0 radical (unpaired) electrons. The van der Waals surface area contributed by atoms with Crippen molar-refractivity contribution in [3.05, 3.63) is 0 Å². The topological polar surface area (TPSA) is 41.8 Å². The highest BCUT2D eigenvalue weighted by molar-refractivity contribution is 5.84. The Morgan fingerprint density at radius 2 is 2.08 bits per heavy atom. The monoisotopic (exact) mass is 171 g/mol. The average Bonchev–Trinajstić information content (AvgIpc) is 2.16.